The number of carbonyl (C=O) groups is 2. The molecule has 9 nitrogen and oxygen atoms in total. The molecule has 3 aromatic rings. The molecule has 2 N–H and O–H groups in total. The first-order valence-corrected chi connectivity index (χ1v) is 10.8. The van der Waals surface area contributed by atoms with Crippen LogP contribution in [0, 0.1) is 27.7 Å². The standard InChI is InChI=1S/C22H28ClN7O2/c1-15-13-17(3)29(24-15)26-21(31)9-11-28(20-7-5-19(23)6-8-20)12-10-22(32)27-30-18(4)14-16(2)25-30/h5-8,13-14H,9-12H2,1-4H3,(H,26,31)(H,27,32). The normalized spacial score (nSPS) is 10.8. The third-order valence-corrected chi connectivity index (χ3v) is 5.14. The lowest BCUT2D eigenvalue weighted by Gasteiger charge is -2.24. The van der Waals surface area contributed by atoms with Gasteiger partial charge in [0, 0.05) is 36.6 Å². The van der Waals surface area contributed by atoms with E-state index in [0.717, 1.165) is 28.5 Å². The van der Waals surface area contributed by atoms with Gasteiger partial charge in [-0.15, -0.1) is 0 Å². The summed E-state index contributed by atoms with van der Waals surface area (Å²) in [5.74, 6) is -0.329. The molecule has 2 amide bonds. The van der Waals surface area contributed by atoms with Crippen LogP contribution in [0.25, 0.3) is 0 Å². The van der Waals surface area contributed by atoms with Gasteiger partial charge in [0.1, 0.15) is 0 Å². The Morgan fingerprint density at radius 3 is 1.66 bits per heavy atom. The van der Waals surface area contributed by atoms with Crippen LogP contribution in [0.4, 0.5) is 5.69 Å². The molecule has 0 saturated heterocycles. The molecule has 0 fully saturated rings. The zero-order valence-electron chi connectivity index (χ0n) is 18.7. The van der Waals surface area contributed by atoms with Crippen molar-refractivity contribution in [2.45, 2.75) is 40.5 Å². The Kier molecular flexibility index (Phi) is 7.53. The van der Waals surface area contributed by atoms with Crippen LogP contribution in [0.3, 0.4) is 0 Å². The van der Waals surface area contributed by atoms with E-state index >= 15 is 0 Å². The maximum atomic E-state index is 12.5. The van der Waals surface area contributed by atoms with Crippen molar-refractivity contribution in [2.24, 2.45) is 0 Å². The highest BCUT2D eigenvalue weighted by molar-refractivity contribution is 6.30. The summed E-state index contributed by atoms with van der Waals surface area (Å²) in [6.45, 7) is 8.35. The van der Waals surface area contributed by atoms with E-state index < -0.39 is 0 Å². The van der Waals surface area contributed by atoms with E-state index in [9.17, 15) is 9.59 Å². The third-order valence-electron chi connectivity index (χ3n) is 4.89. The van der Waals surface area contributed by atoms with Crippen LogP contribution in [0.15, 0.2) is 36.4 Å². The number of nitrogens with one attached hydrogen (secondary N) is 2. The fourth-order valence-electron chi connectivity index (χ4n) is 3.33. The molecular formula is C22H28ClN7O2. The molecule has 0 aliphatic heterocycles. The first-order valence-electron chi connectivity index (χ1n) is 10.4. The molecule has 2 aromatic heterocycles. The number of anilines is 1. The molecule has 0 radical (unpaired) electrons. The summed E-state index contributed by atoms with van der Waals surface area (Å²) in [5.41, 5.74) is 9.81. The highest BCUT2D eigenvalue weighted by Gasteiger charge is 2.14. The largest absolute Gasteiger partial charge is 0.370 e. The number of aryl methyl sites for hydroxylation is 4. The molecule has 0 aliphatic rings. The Morgan fingerprint density at radius 2 is 1.28 bits per heavy atom. The van der Waals surface area contributed by atoms with Crippen LogP contribution in [0.2, 0.25) is 5.02 Å². The summed E-state index contributed by atoms with van der Waals surface area (Å²) < 4.78 is 0. The molecule has 170 valence electrons. The second-order valence-electron chi connectivity index (χ2n) is 7.71. The van der Waals surface area contributed by atoms with Crippen molar-refractivity contribution in [3.8, 4) is 0 Å². The van der Waals surface area contributed by atoms with E-state index in [-0.39, 0.29) is 24.7 Å². The maximum Gasteiger partial charge on any atom is 0.241 e. The molecule has 0 bridgehead atoms. The van der Waals surface area contributed by atoms with Gasteiger partial charge < -0.3 is 4.90 Å². The van der Waals surface area contributed by atoms with Crippen molar-refractivity contribution in [3.63, 3.8) is 0 Å². The molecule has 1 aromatic carbocycles. The summed E-state index contributed by atoms with van der Waals surface area (Å²) >= 11 is 6.02. The minimum atomic E-state index is -0.165. The first-order chi connectivity index (χ1) is 15.2. The van der Waals surface area contributed by atoms with Crippen molar-refractivity contribution in [3.05, 3.63) is 64.2 Å². The third kappa shape index (κ3) is 6.34. The maximum absolute atomic E-state index is 12.5. The van der Waals surface area contributed by atoms with Gasteiger partial charge in [-0.2, -0.15) is 19.8 Å². The molecule has 0 atom stereocenters. The number of benzene rings is 1. The number of aromatic nitrogens is 4. The van der Waals surface area contributed by atoms with E-state index in [4.69, 9.17) is 11.6 Å². The van der Waals surface area contributed by atoms with Crippen molar-refractivity contribution in [2.75, 3.05) is 28.8 Å². The predicted molar refractivity (Wildman–Crippen MR) is 125 cm³/mol. The van der Waals surface area contributed by atoms with Gasteiger partial charge in [0.15, 0.2) is 0 Å². The Morgan fingerprint density at radius 1 is 0.844 bits per heavy atom. The number of amides is 2. The number of hydrogen-bond acceptors (Lipinski definition) is 5. The highest BCUT2D eigenvalue weighted by atomic mass is 35.5. The summed E-state index contributed by atoms with van der Waals surface area (Å²) in [7, 11) is 0. The van der Waals surface area contributed by atoms with Gasteiger partial charge in [-0.1, -0.05) is 11.6 Å². The molecule has 2 heterocycles. The second kappa shape index (κ2) is 10.3. The van der Waals surface area contributed by atoms with Crippen molar-refractivity contribution in [1.82, 2.24) is 19.8 Å². The van der Waals surface area contributed by atoms with E-state index in [2.05, 4.69) is 21.0 Å². The van der Waals surface area contributed by atoms with Crippen LogP contribution >= 0.6 is 11.6 Å². The Labute approximate surface area is 192 Å². The van der Waals surface area contributed by atoms with Crippen LogP contribution in [-0.2, 0) is 9.59 Å². The van der Waals surface area contributed by atoms with E-state index in [1.165, 1.54) is 9.58 Å². The predicted octanol–water partition coefficient (Wildman–Crippen LogP) is 3.09. The zero-order valence-corrected chi connectivity index (χ0v) is 19.5. The molecule has 3 rings (SSSR count). The molecule has 10 heteroatoms. The lowest BCUT2D eigenvalue weighted by atomic mass is 10.2. The van der Waals surface area contributed by atoms with Gasteiger partial charge in [0.2, 0.25) is 11.8 Å². The number of halogens is 1. The summed E-state index contributed by atoms with van der Waals surface area (Å²) in [4.78, 5) is 29.9. The number of rotatable bonds is 9. The van der Waals surface area contributed by atoms with Crippen LogP contribution < -0.4 is 15.8 Å². The molecular weight excluding hydrogens is 430 g/mol. The monoisotopic (exact) mass is 457 g/mol. The molecule has 32 heavy (non-hydrogen) atoms. The van der Waals surface area contributed by atoms with Crippen molar-refractivity contribution in [1.29, 1.82) is 0 Å². The second-order valence-corrected chi connectivity index (χ2v) is 8.15. The topological polar surface area (TPSA) is 97.1 Å². The molecule has 0 saturated carbocycles. The fourth-order valence-corrected chi connectivity index (χ4v) is 3.45. The Balaban J connectivity index is 1.61. The fraction of sp³-hybridized carbons (Fsp3) is 0.364. The van der Waals surface area contributed by atoms with Crippen LogP contribution in [0.1, 0.15) is 35.6 Å². The zero-order chi connectivity index (χ0) is 23.3. The first kappa shape index (κ1) is 23.3. The lowest BCUT2D eigenvalue weighted by molar-refractivity contribution is -0.117. The highest BCUT2D eigenvalue weighted by Crippen LogP contribution is 2.19. The molecule has 0 spiro atoms. The van der Waals surface area contributed by atoms with Gasteiger partial charge >= 0.3 is 0 Å². The van der Waals surface area contributed by atoms with Gasteiger partial charge in [-0.25, -0.2) is 10.9 Å². The smallest absolute Gasteiger partial charge is 0.241 e. The van der Waals surface area contributed by atoms with Crippen LogP contribution in [0.5, 0.6) is 0 Å². The Bertz CT molecular complexity index is 1020. The number of nitrogens with zero attached hydrogens (tertiary/aromatic N) is 5. The van der Waals surface area contributed by atoms with E-state index in [0.29, 0.717) is 18.1 Å². The van der Waals surface area contributed by atoms with E-state index in [1.54, 1.807) is 12.1 Å². The average molecular weight is 458 g/mol. The van der Waals surface area contributed by atoms with Gasteiger partial charge in [0.05, 0.1) is 22.8 Å². The van der Waals surface area contributed by atoms with Gasteiger partial charge in [-0.05, 0) is 64.1 Å². The number of carbonyl (C=O) groups excluding carboxylic acids is 2. The van der Waals surface area contributed by atoms with Crippen molar-refractivity contribution < 1.29 is 9.59 Å². The summed E-state index contributed by atoms with van der Waals surface area (Å²) in [6.07, 6.45) is 0.472. The van der Waals surface area contributed by atoms with E-state index in [1.807, 2.05) is 56.9 Å². The molecule has 0 aliphatic carbocycles. The lowest BCUT2D eigenvalue weighted by Crippen LogP contribution is -2.34. The minimum absolute atomic E-state index is 0.165. The Hall–Kier alpha value is -3.33. The average Bonchev–Trinajstić information content (AvgIpc) is 3.21. The summed E-state index contributed by atoms with van der Waals surface area (Å²) in [6, 6.07) is 11.1. The van der Waals surface area contributed by atoms with Gasteiger partial charge in [-0.3, -0.25) is 9.59 Å². The van der Waals surface area contributed by atoms with Crippen LogP contribution in [-0.4, -0.2) is 44.7 Å². The van der Waals surface area contributed by atoms with Gasteiger partial charge in [0.25, 0.3) is 0 Å². The number of hydrogen-bond donors (Lipinski definition) is 2. The van der Waals surface area contributed by atoms with Crippen molar-refractivity contribution >= 4 is 29.1 Å². The quantitative estimate of drug-likeness (QED) is 0.514. The molecule has 0 unspecified atom stereocenters. The summed E-state index contributed by atoms with van der Waals surface area (Å²) in [5, 5.41) is 9.12. The SMILES string of the molecule is Cc1cc(C)n(NC(=O)CCN(CCC(=O)Nn2nc(C)cc2C)c2ccc(Cl)cc2)n1. The minimum Gasteiger partial charge on any atom is -0.370 e.